The van der Waals surface area contributed by atoms with Crippen molar-refractivity contribution >= 4 is 23.5 Å². The van der Waals surface area contributed by atoms with Gasteiger partial charge in [0.05, 0.1) is 19.1 Å². The van der Waals surface area contributed by atoms with E-state index < -0.39 is 11.4 Å². The molecular formula is C15H22ClNO4. The Bertz CT molecular complexity index is 478. The summed E-state index contributed by atoms with van der Waals surface area (Å²) < 4.78 is 5.06. The molecule has 0 heterocycles. The third kappa shape index (κ3) is 7.56. The number of methoxy groups -OCH3 is 1. The molecule has 0 rings (SSSR count). The van der Waals surface area contributed by atoms with Crippen LogP contribution in [0.4, 0.5) is 0 Å². The Morgan fingerprint density at radius 2 is 2.00 bits per heavy atom. The maximum absolute atomic E-state index is 12.2. The van der Waals surface area contributed by atoms with Gasteiger partial charge in [0.2, 0.25) is 0 Å². The van der Waals surface area contributed by atoms with Gasteiger partial charge in [0, 0.05) is 11.6 Å². The fourth-order valence-corrected chi connectivity index (χ4v) is 1.63. The lowest BCUT2D eigenvalue weighted by atomic mass is 9.89. The highest BCUT2D eigenvalue weighted by molar-refractivity contribution is 6.31. The van der Waals surface area contributed by atoms with Gasteiger partial charge in [-0.25, -0.2) is 0 Å². The van der Waals surface area contributed by atoms with Crippen molar-refractivity contribution < 1.29 is 19.4 Å². The third-order valence-corrected chi connectivity index (χ3v) is 3.03. The number of carboxylic acids is 1. The van der Waals surface area contributed by atoms with Crippen LogP contribution in [0.15, 0.2) is 35.1 Å². The number of hydrogen-bond donors (Lipinski definition) is 2. The van der Waals surface area contributed by atoms with E-state index in [2.05, 4.69) is 11.9 Å². The summed E-state index contributed by atoms with van der Waals surface area (Å²) in [6.07, 6.45) is 2.82. The maximum atomic E-state index is 12.2. The summed E-state index contributed by atoms with van der Waals surface area (Å²) in [6, 6.07) is 0. The van der Waals surface area contributed by atoms with Gasteiger partial charge >= 0.3 is 5.97 Å². The topological polar surface area (TPSA) is 75.6 Å². The van der Waals surface area contributed by atoms with E-state index in [0.29, 0.717) is 10.8 Å². The molecule has 0 spiro atoms. The summed E-state index contributed by atoms with van der Waals surface area (Å²) in [4.78, 5) is 22.9. The van der Waals surface area contributed by atoms with Gasteiger partial charge < -0.3 is 15.2 Å². The molecule has 0 saturated heterocycles. The Morgan fingerprint density at radius 1 is 1.43 bits per heavy atom. The SMILES string of the molecule is C=C/C(Cl)=C\C(C(=O)NCC(C)(C)CC(=O)O)=C(/C)OC. The molecule has 5 nitrogen and oxygen atoms in total. The van der Waals surface area contributed by atoms with E-state index in [1.807, 2.05) is 0 Å². The van der Waals surface area contributed by atoms with Gasteiger partial charge in [-0.05, 0) is 18.4 Å². The monoisotopic (exact) mass is 315 g/mol. The smallest absolute Gasteiger partial charge is 0.303 e. The van der Waals surface area contributed by atoms with E-state index in [1.54, 1.807) is 20.8 Å². The molecule has 6 heteroatoms. The van der Waals surface area contributed by atoms with Crippen molar-refractivity contribution in [1.29, 1.82) is 0 Å². The van der Waals surface area contributed by atoms with E-state index in [-0.39, 0.29) is 24.4 Å². The van der Waals surface area contributed by atoms with E-state index in [1.165, 1.54) is 19.3 Å². The highest BCUT2D eigenvalue weighted by Crippen LogP contribution is 2.19. The largest absolute Gasteiger partial charge is 0.501 e. The number of amides is 1. The summed E-state index contributed by atoms with van der Waals surface area (Å²) >= 11 is 5.86. The molecule has 118 valence electrons. The average molecular weight is 316 g/mol. The molecule has 1 amide bonds. The molecule has 0 atom stereocenters. The second-order valence-electron chi connectivity index (χ2n) is 5.32. The van der Waals surface area contributed by atoms with Crippen LogP contribution in [0.3, 0.4) is 0 Å². The first-order chi connectivity index (χ1) is 9.62. The third-order valence-electron chi connectivity index (χ3n) is 2.76. The maximum Gasteiger partial charge on any atom is 0.303 e. The highest BCUT2D eigenvalue weighted by atomic mass is 35.5. The fraction of sp³-hybridized carbons (Fsp3) is 0.467. The predicted octanol–water partition coefficient (Wildman–Crippen LogP) is 2.83. The second kappa shape index (κ2) is 8.52. The molecular weight excluding hydrogens is 294 g/mol. The summed E-state index contributed by atoms with van der Waals surface area (Å²) in [5.41, 5.74) is -0.284. The summed E-state index contributed by atoms with van der Waals surface area (Å²) in [5, 5.41) is 11.8. The number of allylic oxidation sites excluding steroid dienone is 3. The summed E-state index contributed by atoms with van der Waals surface area (Å²) in [5.74, 6) is -0.885. The number of nitrogens with one attached hydrogen (secondary N) is 1. The van der Waals surface area contributed by atoms with Crippen LogP contribution in [0, 0.1) is 5.41 Å². The van der Waals surface area contributed by atoms with Crippen molar-refractivity contribution in [3.63, 3.8) is 0 Å². The van der Waals surface area contributed by atoms with Crippen molar-refractivity contribution in [3.05, 3.63) is 35.1 Å². The molecule has 0 aliphatic carbocycles. The van der Waals surface area contributed by atoms with Crippen LogP contribution in [-0.2, 0) is 14.3 Å². The zero-order chi connectivity index (χ0) is 16.6. The van der Waals surface area contributed by atoms with Crippen molar-refractivity contribution in [1.82, 2.24) is 5.32 Å². The lowest BCUT2D eigenvalue weighted by molar-refractivity contribution is -0.139. The number of carbonyl (C=O) groups excluding carboxylic acids is 1. The molecule has 0 unspecified atom stereocenters. The number of hydrogen-bond acceptors (Lipinski definition) is 3. The van der Waals surface area contributed by atoms with Crippen LogP contribution in [0.25, 0.3) is 0 Å². The van der Waals surface area contributed by atoms with Crippen LogP contribution in [0.2, 0.25) is 0 Å². The standard InChI is InChI=1S/C15H22ClNO4/c1-6-11(16)7-12(10(2)21-5)14(20)17-9-15(3,4)8-13(18)19/h6-7H,1,8-9H2,2-5H3,(H,17,20)(H,18,19)/b11-7+,12-10-. The molecule has 0 fully saturated rings. The van der Waals surface area contributed by atoms with E-state index in [4.69, 9.17) is 21.4 Å². The molecule has 0 aliphatic rings. The first-order valence-corrected chi connectivity index (χ1v) is 6.75. The molecule has 0 aromatic rings. The van der Waals surface area contributed by atoms with Crippen molar-refractivity contribution in [2.75, 3.05) is 13.7 Å². The average Bonchev–Trinajstić information content (AvgIpc) is 2.39. The van der Waals surface area contributed by atoms with Gasteiger partial charge in [0.25, 0.3) is 5.91 Å². The van der Waals surface area contributed by atoms with Crippen molar-refractivity contribution in [3.8, 4) is 0 Å². The van der Waals surface area contributed by atoms with Gasteiger partial charge in [0.1, 0.15) is 5.76 Å². The summed E-state index contributed by atoms with van der Waals surface area (Å²) in [7, 11) is 1.45. The number of carboxylic acid groups (broad SMARTS) is 1. The van der Waals surface area contributed by atoms with Crippen LogP contribution >= 0.6 is 11.6 Å². The molecule has 0 aliphatic heterocycles. The minimum atomic E-state index is -0.910. The number of aliphatic carboxylic acids is 1. The van der Waals surface area contributed by atoms with E-state index in [0.717, 1.165) is 0 Å². The van der Waals surface area contributed by atoms with Gasteiger partial charge in [-0.1, -0.05) is 38.1 Å². The molecule has 0 aromatic heterocycles. The number of ether oxygens (including phenoxy) is 1. The molecule has 0 bridgehead atoms. The lowest BCUT2D eigenvalue weighted by Gasteiger charge is -2.23. The van der Waals surface area contributed by atoms with Crippen LogP contribution in [0.5, 0.6) is 0 Å². The molecule has 0 aromatic carbocycles. The van der Waals surface area contributed by atoms with Gasteiger partial charge in [0.15, 0.2) is 0 Å². The second-order valence-corrected chi connectivity index (χ2v) is 5.76. The van der Waals surface area contributed by atoms with Gasteiger partial charge in [-0.15, -0.1) is 0 Å². The predicted molar refractivity (Wildman–Crippen MR) is 82.9 cm³/mol. The quantitative estimate of drug-likeness (QED) is 0.410. The zero-order valence-corrected chi connectivity index (χ0v) is 13.6. The van der Waals surface area contributed by atoms with Crippen LogP contribution < -0.4 is 5.32 Å². The Labute approximate surface area is 130 Å². The Hall–Kier alpha value is -1.75. The minimum Gasteiger partial charge on any atom is -0.501 e. The van der Waals surface area contributed by atoms with E-state index >= 15 is 0 Å². The molecule has 0 saturated carbocycles. The fourth-order valence-electron chi connectivity index (χ4n) is 1.52. The first-order valence-electron chi connectivity index (χ1n) is 6.37. The molecule has 0 radical (unpaired) electrons. The van der Waals surface area contributed by atoms with Crippen molar-refractivity contribution in [2.24, 2.45) is 5.41 Å². The highest BCUT2D eigenvalue weighted by Gasteiger charge is 2.23. The summed E-state index contributed by atoms with van der Waals surface area (Å²) in [6.45, 7) is 8.90. The minimum absolute atomic E-state index is 0.0428. The van der Waals surface area contributed by atoms with Crippen LogP contribution in [-0.4, -0.2) is 30.6 Å². The number of halogens is 1. The first kappa shape index (κ1) is 19.2. The van der Waals surface area contributed by atoms with Gasteiger partial charge in [-0.3, -0.25) is 9.59 Å². The Kier molecular flexibility index (Phi) is 7.81. The normalized spacial score (nSPS) is 13.3. The lowest BCUT2D eigenvalue weighted by Crippen LogP contribution is -2.36. The zero-order valence-electron chi connectivity index (χ0n) is 12.8. The van der Waals surface area contributed by atoms with E-state index in [9.17, 15) is 9.59 Å². The van der Waals surface area contributed by atoms with Gasteiger partial charge in [-0.2, -0.15) is 0 Å². The number of rotatable bonds is 8. The molecule has 21 heavy (non-hydrogen) atoms. The number of carbonyl (C=O) groups is 2. The Balaban J connectivity index is 5.03. The van der Waals surface area contributed by atoms with Crippen molar-refractivity contribution in [2.45, 2.75) is 27.2 Å². The van der Waals surface area contributed by atoms with Crippen LogP contribution in [0.1, 0.15) is 27.2 Å². The molecule has 2 N–H and O–H groups in total. The Morgan fingerprint density at radius 3 is 2.43 bits per heavy atom.